The second-order valence-corrected chi connectivity index (χ2v) is 3.68. The standard InChI is InChI=1S/C8H14O8/c9-2-4(11)6-5(12)3(10)1-8(15,16-6)7(13)14/h3-6,9-12,15H,1-2H2,(H,13,14)/t3?,4?,5?,6?,8-/m1/s1. The van der Waals surface area contributed by atoms with E-state index in [0.717, 1.165) is 0 Å². The smallest absolute Gasteiger partial charge is 0.364 e. The average molecular weight is 238 g/mol. The van der Waals surface area contributed by atoms with Crippen molar-refractivity contribution in [2.45, 2.75) is 36.6 Å². The van der Waals surface area contributed by atoms with E-state index >= 15 is 0 Å². The molecule has 94 valence electrons. The van der Waals surface area contributed by atoms with Crippen molar-refractivity contribution >= 4 is 5.97 Å². The molecular formula is C8H14O8. The summed E-state index contributed by atoms with van der Waals surface area (Å²) in [5.74, 6) is -4.42. The molecule has 8 nitrogen and oxygen atoms in total. The molecule has 0 amide bonds. The van der Waals surface area contributed by atoms with E-state index in [2.05, 4.69) is 4.74 Å². The second kappa shape index (κ2) is 4.62. The van der Waals surface area contributed by atoms with Crippen LogP contribution in [-0.2, 0) is 9.53 Å². The van der Waals surface area contributed by atoms with Gasteiger partial charge in [-0.3, -0.25) is 0 Å². The number of aliphatic hydroxyl groups is 5. The highest BCUT2D eigenvalue weighted by Crippen LogP contribution is 2.29. The molecule has 0 aromatic rings. The first-order chi connectivity index (χ1) is 7.31. The molecule has 0 bridgehead atoms. The van der Waals surface area contributed by atoms with Crippen LogP contribution in [0.2, 0.25) is 0 Å². The van der Waals surface area contributed by atoms with Crippen LogP contribution in [0.25, 0.3) is 0 Å². The van der Waals surface area contributed by atoms with Crippen LogP contribution in [0.5, 0.6) is 0 Å². The molecule has 16 heavy (non-hydrogen) atoms. The summed E-state index contributed by atoms with van der Waals surface area (Å²) in [6, 6.07) is 0. The van der Waals surface area contributed by atoms with Crippen LogP contribution in [0.4, 0.5) is 0 Å². The van der Waals surface area contributed by atoms with Gasteiger partial charge in [-0.2, -0.15) is 0 Å². The predicted molar refractivity (Wildman–Crippen MR) is 47.2 cm³/mol. The van der Waals surface area contributed by atoms with E-state index in [-0.39, 0.29) is 0 Å². The normalized spacial score (nSPS) is 41.7. The Hall–Kier alpha value is -0.770. The average Bonchev–Trinajstić information content (AvgIpc) is 2.22. The van der Waals surface area contributed by atoms with Gasteiger partial charge in [0.25, 0.3) is 5.79 Å². The third-order valence-corrected chi connectivity index (χ3v) is 2.45. The fourth-order valence-electron chi connectivity index (χ4n) is 1.51. The van der Waals surface area contributed by atoms with Crippen molar-refractivity contribution in [1.29, 1.82) is 0 Å². The monoisotopic (exact) mass is 238 g/mol. The highest BCUT2D eigenvalue weighted by atomic mass is 16.7. The minimum Gasteiger partial charge on any atom is -0.477 e. The molecule has 1 aliphatic heterocycles. The second-order valence-electron chi connectivity index (χ2n) is 3.68. The number of carboxylic acid groups (broad SMARTS) is 1. The Kier molecular flexibility index (Phi) is 3.84. The largest absolute Gasteiger partial charge is 0.477 e. The first kappa shape index (κ1) is 13.3. The zero-order valence-corrected chi connectivity index (χ0v) is 8.22. The number of carbonyl (C=O) groups is 1. The predicted octanol–water partition coefficient (Wildman–Crippen LogP) is -3.38. The van der Waals surface area contributed by atoms with Crippen LogP contribution < -0.4 is 0 Å². The molecule has 1 saturated heterocycles. The van der Waals surface area contributed by atoms with Crippen molar-refractivity contribution in [3.8, 4) is 0 Å². The van der Waals surface area contributed by atoms with Crippen LogP contribution in [0.3, 0.4) is 0 Å². The summed E-state index contributed by atoms with van der Waals surface area (Å²) in [4.78, 5) is 10.7. The van der Waals surface area contributed by atoms with Gasteiger partial charge in [-0.15, -0.1) is 0 Å². The lowest BCUT2D eigenvalue weighted by Crippen LogP contribution is -2.61. The molecule has 1 aliphatic rings. The Morgan fingerprint density at radius 1 is 1.50 bits per heavy atom. The highest BCUT2D eigenvalue weighted by Gasteiger charge is 2.52. The third-order valence-electron chi connectivity index (χ3n) is 2.45. The Bertz CT molecular complexity index is 269. The van der Waals surface area contributed by atoms with Crippen molar-refractivity contribution in [2.24, 2.45) is 0 Å². The Morgan fingerprint density at radius 2 is 2.06 bits per heavy atom. The third kappa shape index (κ3) is 2.32. The van der Waals surface area contributed by atoms with Crippen LogP contribution in [0, 0.1) is 0 Å². The topological polar surface area (TPSA) is 148 Å². The van der Waals surface area contributed by atoms with Gasteiger partial charge >= 0.3 is 5.97 Å². The van der Waals surface area contributed by atoms with E-state index in [4.69, 9.17) is 10.2 Å². The Balaban J connectivity index is 2.89. The Morgan fingerprint density at radius 3 is 2.50 bits per heavy atom. The maximum Gasteiger partial charge on any atom is 0.364 e. The SMILES string of the molecule is O=C(O)[C@@]1(O)CC(O)C(O)C(C(O)CO)O1. The van der Waals surface area contributed by atoms with Crippen molar-refractivity contribution in [1.82, 2.24) is 0 Å². The summed E-state index contributed by atoms with van der Waals surface area (Å²) in [6.07, 6.45) is -7.05. The molecule has 0 radical (unpaired) electrons. The highest BCUT2D eigenvalue weighted by molar-refractivity contribution is 5.75. The number of hydrogen-bond donors (Lipinski definition) is 6. The zero-order valence-electron chi connectivity index (χ0n) is 8.22. The maximum atomic E-state index is 10.7. The molecule has 8 heteroatoms. The molecule has 1 heterocycles. The molecule has 0 spiro atoms. The van der Waals surface area contributed by atoms with Gasteiger partial charge in [-0.1, -0.05) is 0 Å². The minimum absolute atomic E-state index is 0.724. The minimum atomic E-state index is -2.68. The first-order valence-corrected chi connectivity index (χ1v) is 4.60. The van der Waals surface area contributed by atoms with Gasteiger partial charge in [0.1, 0.15) is 18.3 Å². The van der Waals surface area contributed by atoms with Gasteiger partial charge in [0.05, 0.1) is 12.7 Å². The molecule has 0 aromatic heterocycles. The fourth-order valence-corrected chi connectivity index (χ4v) is 1.51. The summed E-state index contributed by atoms with van der Waals surface area (Å²) < 4.78 is 4.61. The fraction of sp³-hybridized carbons (Fsp3) is 0.875. The van der Waals surface area contributed by atoms with E-state index in [0.29, 0.717) is 0 Å². The van der Waals surface area contributed by atoms with E-state index < -0.39 is 49.2 Å². The number of aliphatic carboxylic acids is 1. The van der Waals surface area contributed by atoms with Gasteiger partial charge in [0, 0.05) is 6.42 Å². The quantitative estimate of drug-likeness (QED) is 0.298. The number of ether oxygens (including phenoxy) is 1. The lowest BCUT2D eigenvalue weighted by atomic mass is 9.93. The molecule has 1 rings (SSSR count). The number of carboxylic acids is 1. The lowest BCUT2D eigenvalue weighted by molar-refractivity contribution is -0.308. The van der Waals surface area contributed by atoms with Crippen LogP contribution >= 0.6 is 0 Å². The van der Waals surface area contributed by atoms with Crippen LogP contribution in [-0.4, -0.2) is 73.4 Å². The molecular weight excluding hydrogens is 224 g/mol. The van der Waals surface area contributed by atoms with Gasteiger partial charge in [-0.25, -0.2) is 4.79 Å². The molecule has 0 aliphatic carbocycles. The maximum absolute atomic E-state index is 10.7. The van der Waals surface area contributed by atoms with E-state index in [9.17, 15) is 25.2 Å². The molecule has 0 aromatic carbocycles. The number of rotatable bonds is 3. The summed E-state index contributed by atoms with van der Waals surface area (Å²) in [6.45, 7) is -0.801. The summed E-state index contributed by atoms with van der Waals surface area (Å²) in [5.41, 5.74) is 0. The van der Waals surface area contributed by atoms with Gasteiger partial charge in [0.2, 0.25) is 0 Å². The molecule has 6 N–H and O–H groups in total. The van der Waals surface area contributed by atoms with Crippen LogP contribution in [0.15, 0.2) is 0 Å². The summed E-state index contributed by atoms with van der Waals surface area (Å²) >= 11 is 0. The van der Waals surface area contributed by atoms with Crippen molar-refractivity contribution < 1.29 is 40.2 Å². The summed E-state index contributed by atoms with van der Waals surface area (Å²) in [5, 5.41) is 54.7. The van der Waals surface area contributed by atoms with Gasteiger partial charge in [-0.05, 0) is 0 Å². The van der Waals surface area contributed by atoms with Gasteiger partial charge in [0.15, 0.2) is 0 Å². The van der Waals surface area contributed by atoms with E-state index in [1.807, 2.05) is 0 Å². The molecule has 5 atom stereocenters. The van der Waals surface area contributed by atoms with E-state index in [1.54, 1.807) is 0 Å². The zero-order chi connectivity index (χ0) is 12.5. The van der Waals surface area contributed by atoms with Crippen molar-refractivity contribution in [3.05, 3.63) is 0 Å². The van der Waals surface area contributed by atoms with Crippen molar-refractivity contribution in [3.63, 3.8) is 0 Å². The lowest BCUT2D eigenvalue weighted by Gasteiger charge is -2.41. The van der Waals surface area contributed by atoms with Crippen molar-refractivity contribution in [2.75, 3.05) is 6.61 Å². The Labute approximate surface area is 90.3 Å². The number of hydrogen-bond acceptors (Lipinski definition) is 7. The van der Waals surface area contributed by atoms with Crippen LogP contribution in [0.1, 0.15) is 6.42 Å². The molecule has 1 fully saturated rings. The van der Waals surface area contributed by atoms with E-state index in [1.165, 1.54) is 0 Å². The molecule has 0 saturated carbocycles. The molecule has 4 unspecified atom stereocenters. The summed E-state index contributed by atoms with van der Waals surface area (Å²) in [7, 11) is 0. The first-order valence-electron chi connectivity index (χ1n) is 4.60. The number of aliphatic hydroxyl groups excluding tert-OH is 4. The van der Waals surface area contributed by atoms with Gasteiger partial charge < -0.3 is 35.4 Å².